The summed E-state index contributed by atoms with van der Waals surface area (Å²) in [5, 5.41) is 8.60. The topological polar surface area (TPSA) is 63.6 Å². The van der Waals surface area contributed by atoms with Gasteiger partial charge in [0.2, 0.25) is 0 Å². The summed E-state index contributed by atoms with van der Waals surface area (Å²) in [5.74, 6) is -1.10. The van der Waals surface area contributed by atoms with Gasteiger partial charge in [0.05, 0.1) is 17.7 Å². The first-order valence-corrected chi connectivity index (χ1v) is 8.10. The number of aromatic carboxylic acids is 1. The molecule has 0 amide bonds. The highest BCUT2D eigenvalue weighted by atomic mass is 16.5. The van der Waals surface area contributed by atoms with Crippen LogP contribution in [0, 0.1) is 0 Å². The van der Waals surface area contributed by atoms with Crippen LogP contribution in [-0.2, 0) is 17.6 Å². The number of rotatable bonds is 5. The van der Waals surface area contributed by atoms with Gasteiger partial charge in [-0.15, -0.1) is 0 Å². The number of ether oxygens (including phenoxy) is 1. The molecule has 0 radical (unpaired) electrons. The maximum absolute atomic E-state index is 11.3. The van der Waals surface area contributed by atoms with Crippen molar-refractivity contribution < 1.29 is 19.4 Å². The fraction of sp³-hybridized carbons (Fsp3) is 0.300. The molecule has 24 heavy (non-hydrogen) atoms. The van der Waals surface area contributed by atoms with Crippen LogP contribution in [0.2, 0.25) is 0 Å². The predicted octanol–water partition coefficient (Wildman–Crippen LogP) is 4.37. The van der Waals surface area contributed by atoms with Gasteiger partial charge in [-0.05, 0) is 55.2 Å². The zero-order valence-electron chi connectivity index (χ0n) is 14.4. The highest BCUT2D eigenvalue weighted by molar-refractivity contribution is 5.89. The second kappa shape index (κ2) is 10.2. The van der Waals surface area contributed by atoms with Crippen LogP contribution in [0.15, 0.2) is 48.5 Å². The lowest BCUT2D eigenvalue weighted by Gasteiger charge is -2.02. The predicted molar refractivity (Wildman–Crippen MR) is 94.6 cm³/mol. The summed E-state index contributed by atoms with van der Waals surface area (Å²) in [6.45, 7) is 6.29. The van der Waals surface area contributed by atoms with E-state index in [0.717, 1.165) is 24.0 Å². The van der Waals surface area contributed by atoms with Crippen molar-refractivity contribution >= 4 is 11.9 Å². The van der Waals surface area contributed by atoms with E-state index < -0.39 is 5.97 Å². The van der Waals surface area contributed by atoms with Crippen molar-refractivity contribution in [2.45, 2.75) is 33.6 Å². The number of esters is 1. The number of carbonyl (C=O) groups excluding carboxylic acids is 1. The summed E-state index contributed by atoms with van der Waals surface area (Å²) >= 11 is 0. The molecule has 4 nitrogen and oxygen atoms in total. The van der Waals surface area contributed by atoms with Crippen molar-refractivity contribution in [1.82, 2.24) is 0 Å². The van der Waals surface area contributed by atoms with Crippen LogP contribution in [-0.4, -0.2) is 23.7 Å². The van der Waals surface area contributed by atoms with Crippen LogP contribution >= 0.6 is 0 Å². The summed E-state index contributed by atoms with van der Waals surface area (Å²) in [6.07, 6.45) is 1.81. The number of carboxylic acid groups (broad SMARTS) is 1. The second-order valence-corrected chi connectivity index (χ2v) is 5.13. The molecule has 2 aromatic rings. The van der Waals surface area contributed by atoms with Gasteiger partial charge in [0, 0.05) is 0 Å². The lowest BCUT2D eigenvalue weighted by Crippen LogP contribution is -2.04. The minimum atomic E-state index is -0.861. The molecule has 0 aliphatic carbocycles. The number of hydrogen-bond acceptors (Lipinski definition) is 3. The van der Waals surface area contributed by atoms with Crippen LogP contribution in [0.3, 0.4) is 0 Å². The molecule has 0 fully saturated rings. The Morgan fingerprint density at radius 2 is 1.38 bits per heavy atom. The smallest absolute Gasteiger partial charge is 0.338 e. The molecule has 0 heterocycles. The molecular weight excluding hydrogens is 304 g/mol. The van der Waals surface area contributed by atoms with Crippen LogP contribution in [0.25, 0.3) is 0 Å². The van der Waals surface area contributed by atoms with Crippen molar-refractivity contribution in [2.75, 3.05) is 6.61 Å². The number of benzene rings is 2. The Kier molecular flexibility index (Phi) is 8.26. The summed E-state index contributed by atoms with van der Waals surface area (Å²) in [6, 6.07) is 14.5. The van der Waals surface area contributed by atoms with E-state index in [1.54, 1.807) is 24.3 Å². The Balaban J connectivity index is 0.000000243. The van der Waals surface area contributed by atoms with Gasteiger partial charge in [0.1, 0.15) is 0 Å². The van der Waals surface area contributed by atoms with E-state index in [-0.39, 0.29) is 5.97 Å². The Morgan fingerprint density at radius 3 is 1.83 bits per heavy atom. The third kappa shape index (κ3) is 6.24. The molecule has 4 heteroatoms. The van der Waals surface area contributed by atoms with Crippen LogP contribution < -0.4 is 0 Å². The van der Waals surface area contributed by atoms with Gasteiger partial charge in [-0.1, -0.05) is 38.1 Å². The summed E-state index contributed by atoms with van der Waals surface area (Å²) in [5.41, 5.74) is 3.22. The second-order valence-electron chi connectivity index (χ2n) is 5.13. The molecule has 0 aliphatic heterocycles. The maximum Gasteiger partial charge on any atom is 0.338 e. The van der Waals surface area contributed by atoms with Gasteiger partial charge < -0.3 is 9.84 Å². The molecule has 0 bridgehead atoms. The van der Waals surface area contributed by atoms with Gasteiger partial charge in [0.15, 0.2) is 0 Å². The molecule has 2 aromatic carbocycles. The number of aryl methyl sites for hydroxylation is 2. The zero-order chi connectivity index (χ0) is 17.9. The van der Waals surface area contributed by atoms with Crippen LogP contribution in [0.5, 0.6) is 0 Å². The first-order chi connectivity index (χ1) is 11.5. The van der Waals surface area contributed by atoms with E-state index in [4.69, 9.17) is 9.84 Å². The summed E-state index contributed by atoms with van der Waals surface area (Å²) in [4.78, 5) is 21.8. The fourth-order valence-electron chi connectivity index (χ4n) is 2.06. The van der Waals surface area contributed by atoms with E-state index in [2.05, 4.69) is 6.92 Å². The molecule has 0 unspecified atom stereocenters. The Labute approximate surface area is 143 Å². The molecule has 0 aliphatic rings. The number of hydrogen-bond donors (Lipinski definition) is 1. The molecular formula is C20H24O4. The SMILES string of the molecule is CCOC(=O)c1cccc(CC)c1.CCc1cccc(C(=O)O)c1. The van der Waals surface area contributed by atoms with Gasteiger partial charge in [-0.3, -0.25) is 0 Å². The first-order valence-electron chi connectivity index (χ1n) is 8.10. The lowest BCUT2D eigenvalue weighted by atomic mass is 10.1. The van der Waals surface area contributed by atoms with Crippen molar-refractivity contribution in [2.24, 2.45) is 0 Å². The van der Waals surface area contributed by atoms with Crippen molar-refractivity contribution in [3.63, 3.8) is 0 Å². The lowest BCUT2D eigenvalue weighted by molar-refractivity contribution is 0.0525. The van der Waals surface area contributed by atoms with Crippen LogP contribution in [0.4, 0.5) is 0 Å². The highest BCUT2D eigenvalue weighted by Crippen LogP contribution is 2.07. The van der Waals surface area contributed by atoms with Crippen molar-refractivity contribution in [3.8, 4) is 0 Å². The van der Waals surface area contributed by atoms with E-state index in [1.165, 1.54) is 0 Å². The van der Waals surface area contributed by atoms with Crippen molar-refractivity contribution in [3.05, 3.63) is 70.8 Å². The van der Waals surface area contributed by atoms with Crippen molar-refractivity contribution in [1.29, 1.82) is 0 Å². The summed E-state index contributed by atoms with van der Waals surface area (Å²) < 4.78 is 4.89. The Hall–Kier alpha value is -2.62. The minimum absolute atomic E-state index is 0.238. The number of carbonyl (C=O) groups is 2. The monoisotopic (exact) mass is 328 g/mol. The van der Waals surface area contributed by atoms with Gasteiger partial charge in [-0.25, -0.2) is 9.59 Å². The molecule has 128 valence electrons. The largest absolute Gasteiger partial charge is 0.478 e. The normalized spacial score (nSPS) is 9.62. The molecule has 0 saturated heterocycles. The van der Waals surface area contributed by atoms with Crippen LogP contribution in [0.1, 0.15) is 52.6 Å². The molecule has 2 rings (SSSR count). The molecule has 0 saturated carbocycles. The third-order valence-corrected chi connectivity index (χ3v) is 3.43. The van der Waals surface area contributed by atoms with Gasteiger partial charge in [0.25, 0.3) is 0 Å². The average Bonchev–Trinajstić information content (AvgIpc) is 2.62. The summed E-state index contributed by atoms with van der Waals surface area (Å²) in [7, 11) is 0. The molecule has 0 spiro atoms. The fourth-order valence-corrected chi connectivity index (χ4v) is 2.06. The zero-order valence-corrected chi connectivity index (χ0v) is 14.4. The quantitative estimate of drug-likeness (QED) is 0.828. The van der Waals surface area contributed by atoms with Gasteiger partial charge in [-0.2, -0.15) is 0 Å². The highest BCUT2D eigenvalue weighted by Gasteiger charge is 2.05. The third-order valence-electron chi connectivity index (χ3n) is 3.43. The van der Waals surface area contributed by atoms with E-state index in [1.807, 2.05) is 38.1 Å². The van der Waals surface area contributed by atoms with E-state index in [9.17, 15) is 9.59 Å². The Bertz CT molecular complexity index is 677. The maximum atomic E-state index is 11.3. The standard InChI is InChI=1S/C11H14O2.C9H10O2/c1-3-9-6-5-7-10(8-9)11(12)13-4-2;1-2-7-4-3-5-8(6-7)9(10)11/h5-8H,3-4H2,1-2H3;3-6H,2H2,1H3,(H,10,11). The van der Waals surface area contributed by atoms with E-state index in [0.29, 0.717) is 17.7 Å². The first kappa shape index (κ1) is 19.4. The molecule has 0 atom stereocenters. The number of carboxylic acids is 1. The Morgan fingerprint density at radius 1 is 0.875 bits per heavy atom. The average molecular weight is 328 g/mol. The van der Waals surface area contributed by atoms with E-state index >= 15 is 0 Å². The van der Waals surface area contributed by atoms with Gasteiger partial charge >= 0.3 is 11.9 Å². The molecule has 1 N–H and O–H groups in total. The minimum Gasteiger partial charge on any atom is -0.478 e. The molecule has 0 aromatic heterocycles.